The molecule has 3 nitrogen and oxygen atoms in total. The molecule has 2 aromatic rings. The third-order valence-electron chi connectivity index (χ3n) is 2.99. The number of benzene rings is 1. The number of hydrogen-bond donors (Lipinski definition) is 1. The minimum Gasteiger partial charge on any atom is -0.496 e. The van der Waals surface area contributed by atoms with Crippen LogP contribution in [0.3, 0.4) is 0 Å². The predicted octanol–water partition coefficient (Wildman–Crippen LogP) is 3.49. The van der Waals surface area contributed by atoms with E-state index in [1.807, 2.05) is 18.2 Å². The Labute approximate surface area is 118 Å². The standard InChI is InChI=1S/C15H20N2OS/c1-4-12-14(10-16-5-2)19-15(17-12)11-8-6-7-9-13(11)18-3/h6-9,16H,4-5,10H2,1-3H3. The summed E-state index contributed by atoms with van der Waals surface area (Å²) in [5.74, 6) is 0.883. The van der Waals surface area contributed by atoms with Crippen molar-refractivity contribution in [1.82, 2.24) is 10.3 Å². The van der Waals surface area contributed by atoms with E-state index in [9.17, 15) is 0 Å². The third-order valence-corrected chi connectivity index (χ3v) is 4.12. The van der Waals surface area contributed by atoms with Gasteiger partial charge in [0, 0.05) is 11.4 Å². The molecule has 0 saturated heterocycles. The summed E-state index contributed by atoms with van der Waals surface area (Å²) in [7, 11) is 1.70. The molecule has 0 fully saturated rings. The molecule has 0 atom stereocenters. The highest BCUT2D eigenvalue weighted by molar-refractivity contribution is 7.15. The van der Waals surface area contributed by atoms with Crippen LogP contribution in [0.25, 0.3) is 10.6 Å². The first kappa shape index (κ1) is 14.0. The van der Waals surface area contributed by atoms with Crippen LogP contribution < -0.4 is 10.1 Å². The Hall–Kier alpha value is -1.39. The zero-order valence-electron chi connectivity index (χ0n) is 11.7. The molecule has 19 heavy (non-hydrogen) atoms. The second kappa shape index (κ2) is 6.68. The molecular formula is C15H20N2OS. The molecule has 0 aliphatic heterocycles. The summed E-state index contributed by atoms with van der Waals surface area (Å²) < 4.78 is 5.41. The van der Waals surface area contributed by atoms with Crippen LogP contribution in [-0.2, 0) is 13.0 Å². The quantitative estimate of drug-likeness (QED) is 0.877. The molecule has 1 aromatic carbocycles. The lowest BCUT2D eigenvalue weighted by molar-refractivity contribution is 0.416. The van der Waals surface area contributed by atoms with Crippen LogP contribution in [0.1, 0.15) is 24.4 Å². The second-order valence-electron chi connectivity index (χ2n) is 4.22. The third kappa shape index (κ3) is 3.14. The van der Waals surface area contributed by atoms with E-state index in [-0.39, 0.29) is 0 Å². The molecule has 1 aromatic heterocycles. The number of nitrogens with zero attached hydrogens (tertiary/aromatic N) is 1. The number of aryl methyl sites for hydroxylation is 1. The Morgan fingerprint density at radius 3 is 2.74 bits per heavy atom. The lowest BCUT2D eigenvalue weighted by Crippen LogP contribution is -2.11. The molecule has 0 aliphatic rings. The van der Waals surface area contributed by atoms with Crippen molar-refractivity contribution in [3.8, 4) is 16.3 Å². The van der Waals surface area contributed by atoms with Gasteiger partial charge in [-0.1, -0.05) is 26.0 Å². The molecular weight excluding hydrogens is 256 g/mol. The predicted molar refractivity (Wildman–Crippen MR) is 80.9 cm³/mol. The Balaban J connectivity index is 2.37. The highest BCUT2D eigenvalue weighted by atomic mass is 32.1. The van der Waals surface area contributed by atoms with E-state index in [1.165, 1.54) is 10.6 Å². The van der Waals surface area contributed by atoms with E-state index in [4.69, 9.17) is 9.72 Å². The number of aromatic nitrogens is 1. The van der Waals surface area contributed by atoms with Gasteiger partial charge in [0.2, 0.25) is 0 Å². The van der Waals surface area contributed by atoms with Gasteiger partial charge >= 0.3 is 0 Å². The summed E-state index contributed by atoms with van der Waals surface area (Å²) in [5.41, 5.74) is 2.26. The second-order valence-corrected chi connectivity index (χ2v) is 5.31. The summed E-state index contributed by atoms with van der Waals surface area (Å²) in [6.07, 6.45) is 0.965. The molecule has 0 amide bonds. The Kier molecular flexibility index (Phi) is 4.93. The molecule has 0 spiro atoms. The minimum absolute atomic E-state index is 0.883. The van der Waals surface area contributed by atoms with E-state index >= 15 is 0 Å². The first-order valence-corrected chi connectivity index (χ1v) is 7.44. The highest BCUT2D eigenvalue weighted by Gasteiger charge is 2.13. The summed E-state index contributed by atoms with van der Waals surface area (Å²) in [6.45, 7) is 6.14. The largest absolute Gasteiger partial charge is 0.496 e. The number of para-hydroxylation sites is 1. The van der Waals surface area contributed by atoms with Gasteiger partial charge in [-0.25, -0.2) is 4.98 Å². The lowest BCUT2D eigenvalue weighted by atomic mass is 10.2. The number of hydrogen-bond acceptors (Lipinski definition) is 4. The van der Waals surface area contributed by atoms with E-state index in [2.05, 4.69) is 25.2 Å². The average Bonchev–Trinajstić information content (AvgIpc) is 2.88. The molecule has 2 rings (SSSR count). The van der Waals surface area contributed by atoms with E-state index < -0.39 is 0 Å². The molecule has 0 saturated carbocycles. The SMILES string of the molecule is CCNCc1sc(-c2ccccc2OC)nc1CC. The van der Waals surface area contributed by atoms with Gasteiger partial charge in [-0.05, 0) is 25.1 Å². The van der Waals surface area contributed by atoms with Gasteiger partial charge < -0.3 is 10.1 Å². The molecule has 0 radical (unpaired) electrons. The van der Waals surface area contributed by atoms with Crippen LogP contribution in [-0.4, -0.2) is 18.6 Å². The maximum atomic E-state index is 5.41. The number of methoxy groups -OCH3 is 1. The Bertz CT molecular complexity index is 537. The van der Waals surface area contributed by atoms with Gasteiger partial charge in [0.25, 0.3) is 0 Å². The first-order valence-electron chi connectivity index (χ1n) is 6.62. The minimum atomic E-state index is 0.883. The fourth-order valence-electron chi connectivity index (χ4n) is 1.97. The Morgan fingerprint density at radius 2 is 2.05 bits per heavy atom. The van der Waals surface area contributed by atoms with Crippen LogP contribution in [0.4, 0.5) is 0 Å². The monoisotopic (exact) mass is 276 g/mol. The van der Waals surface area contributed by atoms with Crippen molar-refractivity contribution in [3.63, 3.8) is 0 Å². The molecule has 0 bridgehead atoms. The maximum absolute atomic E-state index is 5.41. The maximum Gasteiger partial charge on any atom is 0.129 e. The summed E-state index contributed by atoms with van der Waals surface area (Å²) in [5, 5.41) is 4.42. The van der Waals surface area contributed by atoms with Gasteiger partial charge in [0.05, 0.1) is 18.4 Å². The zero-order chi connectivity index (χ0) is 13.7. The highest BCUT2D eigenvalue weighted by Crippen LogP contribution is 2.34. The van der Waals surface area contributed by atoms with Crippen LogP contribution in [0.2, 0.25) is 0 Å². The van der Waals surface area contributed by atoms with Crippen molar-refractivity contribution in [1.29, 1.82) is 0 Å². The van der Waals surface area contributed by atoms with Gasteiger partial charge in [-0.2, -0.15) is 0 Å². The Morgan fingerprint density at radius 1 is 1.26 bits per heavy atom. The lowest BCUT2D eigenvalue weighted by Gasteiger charge is -2.04. The van der Waals surface area contributed by atoms with Crippen molar-refractivity contribution in [3.05, 3.63) is 34.8 Å². The van der Waals surface area contributed by atoms with E-state index in [0.29, 0.717) is 0 Å². The molecule has 1 N–H and O–H groups in total. The van der Waals surface area contributed by atoms with Crippen molar-refractivity contribution < 1.29 is 4.74 Å². The van der Waals surface area contributed by atoms with E-state index in [0.717, 1.165) is 35.8 Å². The summed E-state index contributed by atoms with van der Waals surface area (Å²) in [6, 6.07) is 8.05. The van der Waals surface area contributed by atoms with Gasteiger partial charge in [0.1, 0.15) is 10.8 Å². The van der Waals surface area contributed by atoms with Gasteiger partial charge in [-0.15, -0.1) is 11.3 Å². The number of nitrogens with one attached hydrogen (secondary N) is 1. The molecule has 4 heteroatoms. The topological polar surface area (TPSA) is 34.1 Å². The van der Waals surface area contributed by atoms with Crippen molar-refractivity contribution >= 4 is 11.3 Å². The number of rotatable bonds is 6. The number of thiazole rings is 1. The molecule has 102 valence electrons. The average molecular weight is 276 g/mol. The van der Waals surface area contributed by atoms with Gasteiger partial charge in [0.15, 0.2) is 0 Å². The van der Waals surface area contributed by atoms with Crippen molar-refractivity contribution in [2.45, 2.75) is 26.8 Å². The van der Waals surface area contributed by atoms with Crippen LogP contribution in [0, 0.1) is 0 Å². The van der Waals surface area contributed by atoms with Crippen molar-refractivity contribution in [2.24, 2.45) is 0 Å². The van der Waals surface area contributed by atoms with Gasteiger partial charge in [-0.3, -0.25) is 0 Å². The first-order chi connectivity index (χ1) is 9.30. The van der Waals surface area contributed by atoms with Crippen LogP contribution in [0.5, 0.6) is 5.75 Å². The van der Waals surface area contributed by atoms with Crippen LogP contribution >= 0.6 is 11.3 Å². The molecule has 1 heterocycles. The van der Waals surface area contributed by atoms with E-state index in [1.54, 1.807) is 18.4 Å². The zero-order valence-corrected chi connectivity index (χ0v) is 12.5. The normalized spacial score (nSPS) is 10.7. The fourth-order valence-corrected chi connectivity index (χ4v) is 3.12. The summed E-state index contributed by atoms with van der Waals surface area (Å²) in [4.78, 5) is 6.08. The van der Waals surface area contributed by atoms with Crippen molar-refractivity contribution in [2.75, 3.05) is 13.7 Å². The number of ether oxygens (including phenoxy) is 1. The summed E-state index contributed by atoms with van der Waals surface area (Å²) >= 11 is 1.75. The van der Waals surface area contributed by atoms with Crippen LogP contribution in [0.15, 0.2) is 24.3 Å². The fraction of sp³-hybridized carbons (Fsp3) is 0.400. The molecule has 0 unspecified atom stereocenters. The smallest absolute Gasteiger partial charge is 0.129 e. The molecule has 0 aliphatic carbocycles.